The van der Waals surface area contributed by atoms with Gasteiger partial charge in [-0.2, -0.15) is 0 Å². The molecule has 4 nitrogen and oxygen atoms in total. The van der Waals surface area contributed by atoms with Crippen LogP contribution < -0.4 is 5.32 Å². The van der Waals surface area contributed by atoms with E-state index in [2.05, 4.69) is 48.6 Å². The molecule has 2 aromatic heterocycles. The first kappa shape index (κ1) is 18.4. The number of hydrogen-bond donors (Lipinski definition) is 1. The molecule has 0 bridgehead atoms. The number of halogens is 1. The molecule has 0 aliphatic carbocycles. The van der Waals surface area contributed by atoms with E-state index in [0.717, 1.165) is 43.4 Å². The first-order chi connectivity index (χ1) is 9.58. The highest BCUT2D eigenvalue weighted by molar-refractivity contribution is 7.17. The average Bonchev–Trinajstić information content (AvgIpc) is 2.84. The predicted molar refractivity (Wildman–Crippen MR) is 91.8 cm³/mol. The lowest BCUT2D eigenvalue weighted by atomic mass is 10.1. The highest BCUT2D eigenvalue weighted by Gasteiger charge is 2.10. The second-order valence-electron chi connectivity index (χ2n) is 5.61. The zero-order valence-corrected chi connectivity index (χ0v) is 14.9. The van der Waals surface area contributed by atoms with Crippen molar-refractivity contribution in [3.05, 3.63) is 22.5 Å². The van der Waals surface area contributed by atoms with Crippen molar-refractivity contribution in [2.45, 2.75) is 40.7 Å². The molecule has 2 aromatic rings. The summed E-state index contributed by atoms with van der Waals surface area (Å²) in [5.41, 5.74) is 2.37. The van der Waals surface area contributed by atoms with Crippen molar-refractivity contribution in [1.29, 1.82) is 0 Å². The van der Waals surface area contributed by atoms with Gasteiger partial charge in [-0.1, -0.05) is 13.8 Å². The predicted octanol–water partition coefficient (Wildman–Crippen LogP) is 3.59. The van der Waals surface area contributed by atoms with Crippen LogP contribution >= 0.6 is 23.7 Å². The molecule has 21 heavy (non-hydrogen) atoms. The van der Waals surface area contributed by atoms with Gasteiger partial charge in [0, 0.05) is 30.8 Å². The lowest BCUT2D eigenvalue weighted by Gasteiger charge is -2.08. The van der Waals surface area contributed by atoms with Crippen LogP contribution in [0.4, 0.5) is 0 Å². The van der Waals surface area contributed by atoms with Gasteiger partial charge >= 0.3 is 0 Å². The molecule has 0 radical (unpaired) electrons. The minimum Gasteiger partial charge on any atom is -0.380 e. The average molecular weight is 332 g/mol. The number of thiazole rings is 1. The van der Waals surface area contributed by atoms with Crippen LogP contribution in [-0.2, 0) is 11.3 Å². The number of fused-ring (bicyclic) bond motifs is 1. The summed E-state index contributed by atoms with van der Waals surface area (Å²) in [6.07, 6.45) is 3.30. The van der Waals surface area contributed by atoms with E-state index in [9.17, 15) is 0 Å². The molecule has 0 atom stereocenters. The molecule has 2 heterocycles. The SMILES string of the molecule is Cc1cn2c(CNCCOCCC(C)C)c(C)nc2s1.Cl. The first-order valence-corrected chi connectivity index (χ1v) is 8.12. The number of nitrogens with one attached hydrogen (secondary N) is 1. The van der Waals surface area contributed by atoms with Gasteiger partial charge in [0.1, 0.15) is 0 Å². The van der Waals surface area contributed by atoms with Crippen LogP contribution in [0, 0.1) is 19.8 Å². The Morgan fingerprint density at radius 3 is 2.81 bits per heavy atom. The van der Waals surface area contributed by atoms with E-state index in [1.807, 2.05) is 0 Å². The van der Waals surface area contributed by atoms with E-state index in [-0.39, 0.29) is 12.4 Å². The quantitative estimate of drug-likeness (QED) is 0.751. The molecular weight excluding hydrogens is 306 g/mol. The highest BCUT2D eigenvalue weighted by atomic mass is 35.5. The van der Waals surface area contributed by atoms with E-state index in [1.165, 1.54) is 10.6 Å². The van der Waals surface area contributed by atoms with Crippen molar-refractivity contribution < 1.29 is 4.74 Å². The van der Waals surface area contributed by atoms with Crippen LogP contribution in [0.5, 0.6) is 0 Å². The lowest BCUT2D eigenvalue weighted by Crippen LogP contribution is -2.21. The molecule has 6 heteroatoms. The van der Waals surface area contributed by atoms with Gasteiger partial charge in [-0.15, -0.1) is 23.7 Å². The van der Waals surface area contributed by atoms with Crippen LogP contribution in [0.25, 0.3) is 4.96 Å². The van der Waals surface area contributed by atoms with E-state index in [1.54, 1.807) is 11.3 Å². The van der Waals surface area contributed by atoms with Gasteiger partial charge in [-0.25, -0.2) is 4.98 Å². The molecule has 2 rings (SSSR count). The van der Waals surface area contributed by atoms with E-state index >= 15 is 0 Å². The van der Waals surface area contributed by atoms with Gasteiger partial charge in [-0.05, 0) is 26.2 Å². The van der Waals surface area contributed by atoms with Crippen LogP contribution in [-0.4, -0.2) is 29.1 Å². The Kier molecular flexibility index (Phi) is 7.66. The number of aryl methyl sites for hydroxylation is 2. The Morgan fingerprint density at radius 1 is 1.33 bits per heavy atom. The van der Waals surface area contributed by atoms with Crippen molar-refractivity contribution in [1.82, 2.24) is 14.7 Å². The van der Waals surface area contributed by atoms with Gasteiger partial charge in [0.05, 0.1) is 18.0 Å². The van der Waals surface area contributed by atoms with Crippen molar-refractivity contribution in [3.63, 3.8) is 0 Å². The summed E-state index contributed by atoms with van der Waals surface area (Å²) in [7, 11) is 0. The van der Waals surface area contributed by atoms with Gasteiger partial charge in [0.15, 0.2) is 4.96 Å². The molecule has 0 aromatic carbocycles. The van der Waals surface area contributed by atoms with Crippen molar-refractivity contribution in [2.75, 3.05) is 19.8 Å². The molecule has 0 saturated carbocycles. The molecule has 0 unspecified atom stereocenters. The molecule has 0 aliphatic heterocycles. The normalized spacial score (nSPS) is 11.3. The summed E-state index contributed by atoms with van der Waals surface area (Å²) < 4.78 is 7.80. The van der Waals surface area contributed by atoms with Crippen LogP contribution in [0.15, 0.2) is 6.20 Å². The molecule has 0 fully saturated rings. The van der Waals surface area contributed by atoms with E-state index in [0.29, 0.717) is 5.92 Å². The Morgan fingerprint density at radius 2 is 2.10 bits per heavy atom. The maximum atomic E-state index is 5.60. The molecule has 1 N–H and O–H groups in total. The van der Waals surface area contributed by atoms with Gasteiger partial charge in [-0.3, -0.25) is 4.40 Å². The number of hydrogen-bond acceptors (Lipinski definition) is 4. The summed E-state index contributed by atoms with van der Waals surface area (Å²) in [5, 5.41) is 3.44. The second-order valence-corrected chi connectivity index (χ2v) is 6.82. The first-order valence-electron chi connectivity index (χ1n) is 7.30. The lowest BCUT2D eigenvalue weighted by molar-refractivity contribution is 0.125. The third-order valence-electron chi connectivity index (χ3n) is 3.30. The van der Waals surface area contributed by atoms with Gasteiger partial charge < -0.3 is 10.1 Å². The monoisotopic (exact) mass is 331 g/mol. The Labute approximate surface area is 137 Å². The van der Waals surface area contributed by atoms with Crippen molar-refractivity contribution in [2.24, 2.45) is 5.92 Å². The third-order valence-corrected chi connectivity index (χ3v) is 4.19. The fourth-order valence-electron chi connectivity index (χ4n) is 2.09. The molecule has 0 spiro atoms. The van der Waals surface area contributed by atoms with Gasteiger partial charge in [0.25, 0.3) is 0 Å². The third kappa shape index (κ3) is 5.25. The highest BCUT2D eigenvalue weighted by Crippen LogP contribution is 2.20. The second kappa shape index (κ2) is 8.73. The minimum absolute atomic E-state index is 0. The van der Waals surface area contributed by atoms with E-state index in [4.69, 9.17) is 4.74 Å². The zero-order chi connectivity index (χ0) is 14.5. The number of aromatic nitrogens is 2. The maximum absolute atomic E-state index is 5.60. The summed E-state index contributed by atoms with van der Waals surface area (Å²) in [5.74, 6) is 0.715. The molecule has 0 aliphatic rings. The number of nitrogens with zero attached hydrogens (tertiary/aromatic N) is 2. The molecule has 0 amide bonds. The molecular formula is C15H26ClN3OS. The van der Waals surface area contributed by atoms with Crippen LogP contribution in [0.3, 0.4) is 0 Å². The summed E-state index contributed by atoms with van der Waals surface area (Å²) in [6.45, 7) is 12.0. The van der Waals surface area contributed by atoms with Crippen LogP contribution in [0.1, 0.15) is 36.5 Å². The number of rotatable bonds is 8. The Hall–Kier alpha value is -0.620. The molecule has 0 saturated heterocycles. The maximum Gasteiger partial charge on any atom is 0.194 e. The van der Waals surface area contributed by atoms with Crippen LogP contribution in [0.2, 0.25) is 0 Å². The van der Waals surface area contributed by atoms with Gasteiger partial charge in [0.2, 0.25) is 0 Å². The number of imidazole rings is 1. The summed E-state index contributed by atoms with van der Waals surface area (Å²) in [6, 6.07) is 0. The minimum atomic E-state index is 0. The van der Waals surface area contributed by atoms with Crippen molar-refractivity contribution >= 4 is 28.7 Å². The summed E-state index contributed by atoms with van der Waals surface area (Å²) in [4.78, 5) is 6.98. The summed E-state index contributed by atoms with van der Waals surface area (Å²) >= 11 is 1.74. The molecule has 120 valence electrons. The standard InChI is InChI=1S/C15H25N3OS.ClH/c1-11(2)5-7-19-8-6-16-9-14-13(4)17-15-18(14)10-12(3)20-15;/h10-11,16H,5-9H2,1-4H3;1H. The topological polar surface area (TPSA) is 38.6 Å². The largest absolute Gasteiger partial charge is 0.380 e. The smallest absolute Gasteiger partial charge is 0.194 e. The fraction of sp³-hybridized carbons (Fsp3) is 0.667. The Bertz CT molecular complexity index is 550. The number of ether oxygens (including phenoxy) is 1. The Balaban J connectivity index is 0.00000220. The fourth-order valence-corrected chi connectivity index (χ4v) is 2.98. The zero-order valence-electron chi connectivity index (χ0n) is 13.3. The van der Waals surface area contributed by atoms with Crippen molar-refractivity contribution in [3.8, 4) is 0 Å². The van der Waals surface area contributed by atoms with E-state index < -0.39 is 0 Å².